The van der Waals surface area contributed by atoms with Gasteiger partial charge in [-0.15, -0.1) is 0 Å². The van der Waals surface area contributed by atoms with Gasteiger partial charge in [-0.3, -0.25) is 5.84 Å². The molecule has 1 heterocycles. The van der Waals surface area contributed by atoms with Gasteiger partial charge in [-0.05, 0) is 24.5 Å². The molecule has 0 saturated carbocycles. The van der Waals surface area contributed by atoms with Gasteiger partial charge < -0.3 is 4.42 Å². The van der Waals surface area contributed by atoms with Crippen molar-refractivity contribution < 1.29 is 4.42 Å². The van der Waals surface area contributed by atoms with Crippen molar-refractivity contribution in [3.05, 3.63) is 23.7 Å². The Bertz CT molecular complexity index is 266. The number of hydrazine groups is 1. The molecule has 1 aromatic heterocycles. The Morgan fingerprint density at radius 2 is 2.07 bits per heavy atom. The van der Waals surface area contributed by atoms with Crippen LogP contribution in [0.5, 0.6) is 0 Å². The average molecular weight is 196 g/mol. The molecule has 3 N–H and O–H groups in total. The first kappa shape index (κ1) is 11.3. The maximum Gasteiger partial charge on any atom is 0.125 e. The Balaban J connectivity index is 2.86. The molecule has 14 heavy (non-hydrogen) atoms. The molecule has 0 amide bonds. The summed E-state index contributed by atoms with van der Waals surface area (Å²) < 4.78 is 5.46. The second-order valence-electron chi connectivity index (χ2n) is 3.69. The summed E-state index contributed by atoms with van der Waals surface area (Å²) in [5, 5.41) is 0. The van der Waals surface area contributed by atoms with Crippen molar-refractivity contribution in [1.29, 1.82) is 0 Å². The zero-order valence-electron chi connectivity index (χ0n) is 9.21. The van der Waals surface area contributed by atoms with E-state index in [1.807, 2.05) is 13.0 Å². The van der Waals surface area contributed by atoms with Crippen molar-refractivity contribution >= 4 is 0 Å². The quantitative estimate of drug-likeness (QED) is 0.562. The van der Waals surface area contributed by atoms with Gasteiger partial charge >= 0.3 is 0 Å². The normalized spacial score (nSPS) is 13.5. The second-order valence-corrected chi connectivity index (χ2v) is 3.69. The fourth-order valence-electron chi connectivity index (χ4n) is 1.89. The molecule has 1 atom stereocenters. The molecule has 0 aliphatic rings. The van der Waals surface area contributed by atoms with Gasteiger partial charge in [-0.2, -0.15) is 0 Å². The molecule has 0 radical (unpaired) electrons. The third-order valence-corrected chi connectivity index (χ3v) is 2.88. The van der Waals surface area contributed by atoms with Crippen molar-refractivity contribution in [2.75, 3.05) is 0 Å². The fourth-order valence-corrected chi connectivity index (χ4v) is 1.89. The summed E-state index contributed by atoms with van der Waals surface area (Å²) in [6, 6.07) is 2.11. The number of nitrogens with two attached hydrogens (primary N) is 1. The molecule has 1 unspecified atom stereocenters. The van der Waals surface area contributed by atoms with E-state index in [0.717, 1.165) is 18.6 Å². The minimum Gasteiger partial charge on any atom is -0.467 e. The maximum atomic E-state index is 5.57. The summed E-state index contributed by atoms with van der Waals surface area (Å²) in [4.78, 5) is 0. The van der Waals surface area contributed by atoms with Crippen LogP contribution >= 0.6 is 0 Å². The lowest BCUT2D eigenvalue weighted by molar-refractivity contribution is 0.296. The van der Waals surface area contributed by atoms with Crippen molar-refractivity contribution in [3.63, 3.8) is 0 Å². The number of furan rings is 1. The lowest BCUT2D eigenvalue weighted by atomic mass is 9.91. The first-order valence-corrected chi connectivity index (χ1v) is 5.24. The van der Waals surface area contributed by atoms with Crippen molar-refractivity contribution in [1.82, 2.24) is 5.43 Å². The summed E-state index contributed by atoms with van der Waals surface area (Å²) in [7, 11) is 0. The predicted molar refractivity (Wildman–Crippen MR) is 57.6 cm³/mol. The van der Waals surface area contributed by atoms with Gasteiger partial charge in [0.1, 0.15) is 5.76 Å². The van der Waals surface area contributed by atoms with E-state index in [1.54, 1.807) is 6.26 Å². The summed E-state index contributed by atoms with van der Waals surface area (Å²) >= 11 is 0. The van der Waals surface area contributed by atoms with E-state index >= 15 is 0 Å². The largest absolute Gasteiger partial charge is 0.467 e. The van der Waals surface area contributed by atoms with E-state index in [-0.39, 0.29) is 6.04 Å². The number of rotatable bonds is 5. The molecule has 0 fully saturated rings. The molecule has 3 nitrogen and oxygen atoms in total. The minimum atomic E-state index is 0.139. The Kier molecular flexibility index (Phi) is 4.17. The molecule has 0 saturated heterocycles. The van der Waals surface area contributed by atoms with Crippen molar-refractivity contribution in [2.45, 2.75) is 39.7 Å². The van der Waals surface area contributed by atoms with Crippen LogP contribution in [0, 0.1) is 12.8 Å². The van der Waals surface area contributed by atoms with Crippen LogP contribution in [-0.2, 0) is 0 Å². The van der Waals surface area contributed by atoms with Gasteiger partial charge in [-0.25, -0.2) is 5.43 Å². The average Bonchev–Trinajstić information content (AvgIpc) is 2.61. The highest BCUT2D eigenvalue weighted by atomic mass is 16.3. The van der Waals surface area contributed by atoms with E-state index in [4.69, 9.17) is 10.3 Å². The fraction of sp³-hybridized carbons (Fsp3) is 0.636. The van der Waals surface area contributed by atoms with Crippen molar-refractivity contribution in [3.8, 4) is 0 Å². The van der Waals surface area contributed by atoms with Gasteiger partial charge in [0.2, 0.25) is 0 Å². The second kappa shape index (κ2) is 5.17. The Morgan fingerprint density at radius 1 is 1.43 bits per heavy atom. The van der Waals surface area contributed by atoms with Crippen LogP contribution in [-0.4, -0.2) is 0 Å². The van der Waals surface area contributed by atoms with Gasteiger partial charge in [0.15, 0.2) is 0 Å². The number of hydrogen-bond donors (Lipinski definition) is 2. The lowest BCUT2D eigenvalue weighted by Gasteiger charge is -2.23. The van der Waals surface area contributed by atoms with Gasteiger partial charge in [0, 0.05) is 0 Å². The van der Waals surface area contributed by atoms with Crippen LogP contribution in [0.1, 0.15) is 44.1 Å². The highest BCUT2D eigenvalue weighted by molar-refractivity contribution is 5.18. The van der Waals surface area contributed by atoms with E-state index in [9.17, 15) is 0 Å². The SMILES string of the molecule is CCC(CC)C(NN)c1occc1C. The Morgan fingerprint density at radius 3 is 2.43 bits per heavy atom. The molecular formula is C11H20N2O. The summed E-state index contributed by atoms with van der Waals surface area (Å²) in [5.41, 5.74) is 4.02. The number of hydrogen-bond acceptors (Lipinski definition) is 3. The van der Waals surface area contributed by atoms with Crippen LogP contribution in [0.4, 0.5) is 0 Å². The third kappa shape index (κ3) is 2.16. The zero-order chi connectivity index (χ0) is 10.6. The lowest BCUT2D eigenvalue weighted by Crippen LogP contribution is -2.33. The van der Waals surface area contributed by atoms with E-state index in [1.165, 1.54) is 5.56 Å². The molecule has 0 aliphatic carbocycles. The maximum absolute atomic E-state index is 5.57. The third-order valence-electron chi connectivity index (χ3n) is 2.88. The van der Waals surface area contributed by atoms with Gasteiger partial charge in [-0.1, -0.05) is 26.7 Å². The zero-order valence-corrected chi connectivity index (χ0v) is 9.21. The standard InChI is InChI=1S/C11H20N2O/c1-4-9(5-2)10(13-12)11-8(3)6-7-14-11/h6-7,9-10,13H,4-5,12H2,1-3H3. The molecule has 80 valence electrons. The minimum absolute atomic E-state index is 0.139. The van der Waals surface area contributed by atoms with Crippen LogP contribution in [0.3, 0.4) is 0 Å². The first-order valence-electron chi connectivity index (χ1n) is 5.24. The topological polar surface area (TPSA) is 51.2 Å². The van der Waals surface area contributed by atoms with E-state index < -0.39 is 0 Å². The molecular weight excluding hydrogens is 176 g/mol. The van der Waals surface area contributed by atoms with E-state index in [0.29, 0.717) is 5.92 Å². The highest BCUT2D eigenvalue weighted by Gasteiger charge is 2.23. The smallest absolute Gasteiger partial charge is 0.125 e. The number of nitrogens with one attached hydrogen (secondary N) is 1. The highest BCUT2D eigenvalue weighted by Crippen LogP contribution is 2.29. The van der Waals surface area contributed by atoms with Crippen molar-refractivity contribution in [2.24, 2.45) is 11.8 Å². The molecule has 1 aromatic rings. The van der Waals surface area contributed by atoms with Gasteiger partial charge in [0.25, 0.3) is 0 Å². The van der Waals surface area contributed by atoms with Crippen LogP contribution < -0.4 is 11.3 Å². The molecule has 3 heteroatoms. The monoisotopic (exact) mass is 196 g/mol. The van der Waals surface area contributed by atoms with Crippen LogP contribution in [0.15, 0.2) is 16.7 Å². The van der Waals surface area contributed by atoms with E-state index in [2.05, 4.69) is 19.3 Å². The van der Waals surface area contributed by atoms with Crippen LogP contribution in [0.2, 0.25) is 0 Å². The summed E-state index contributed by atoms with van der Waals surface area (Å²) in [6.07, 6.45) is 3.92. The molecule has 1 rings (SSSR count). The van der Waals surface area contributed by atoms with Crippen LogP contribution in [0.25, 0.3) is 0 Å². The molecule has 0 bridgehead atoms. The Hall–Kier alpha value is -0.800. The summed E-state index contributed by atoms with van der Waals surface area (Å²) in [5.74, 6) is 7.08. The predicted octanol–water partition coefficient (Wildman–Crippen LogP) is 2.53. The van der Waals surface area contributed by atoms with Gasteiger partial charge in [0.05, 0.1) is 12.3 Å². The molecule has 0 aromatic carbocycles. The first-order chi connectivity index (χ1) is 6.74. The molecule has 0 spiro atoms. The summed E-state index contributed by atoms with van der Waals surface area (Å²) in [6.45, 7) is 6.40. The Labute approximate surface area is 85.6 Å². The number of aryl methyl sites for hydroxylation is 1. The molecule has 0 aliphatic heterocycles.